The summed E-state index contributed by atoms with van der Waals surface area (Å²) in [6, 6.07) is 0. The Hall–Kier alpha value is -0.100. The number of halogens is 8. The number of rotatable bonds is 1. The smallest absolute Gasteiger partial charge is 0.209 e. The fourth-order valence-electron chi connectivity index (χ4n) is 0.243. The van der Waals surface area contributed by atoms with E-state index in [4.69, 9.17) is 0 Å². The summed E-state index contributed by atoms with van der Waals surface area (Å²) in [5.41, 5.74) is 0. The lowest BCUT2D eigenvalue weighted by molar-refractivity contribution is -0.184. The van der Waals surface area contributed by atoms with Crippen molar-refractivity contribution in [1.82, 2.24) is 0 Å². The van der Waals surface area contributed by atoms with Crippen molar-refractivity contribution >= 4 is 23.2 Å². The van der Waals surface area contributed by atoms with Gasteiger partial charge in [-0.05, 0) is 0 Å². The molecule has 0 aromatic heterocycles. The number of allylic oxidation sites excluding steroid dienone is 1. The third-order valence-corrected chi connectivity index (χ3v) is 1.70. The molecule has 0 unspecified atom stereocenters. The summed E-state index contributed by atoms with van der Waals surface area (Å²) in [7, 11) is 0. The van der Waals surface area contributed by atoms with E-state index in [2.05, 4.69) is 23.2 Å². The van der Waals surface area contributed by atoms with Crippen molar-refractivity contribution in [1.29, 1.82) is 0 Å². The van der Waals surface area contributed by atoms with Gasteiger partial charge >= 0.3 is 11.3 Å². The van der Waals surface area contributed by atoms with Gasteiger partial charge in [-0.3, -0.25) is 0 Å². The SMILES string of the molecule is FC(F)=C(Cl)[C@](F)(Cl)C(F)(F)F. The van der Waals surface area contributed by atoms with Crippen LogP contribution in [0.3, 0.4) is 0 Å². The van der Waals surface area contributed by atoms with Crippen LogP contribution in [0.15, 0.2) is 11.1 Å². The fourth-order valence-corrected chi connectivity index (χ4v) is 0.422. The van der Waals surface area contributed by atoms with Crippen LogP contribution in [0, 0.1) is 0 Å². The van der Waals surface area contributed by atoms with E-state index in [1.165, 1.54) is 0 Å². The van der Waals surface area contributed by atoms with Gasteiger partial charge in [0.25, 0.3) is 6.08 Å². The molecule has 8 heteroatoms. The predicted octanol–water partition coefficient (Wildman–Crippen LogP) is 3.80. The Morgan fingerprint density at radius 3 is 1.42 bits per heavy atom. The van der Waals surface area contributed by atoms with Crippen molar-refractivity contribution in [3.8, 4) is 0 Å². The summed E-state index contributed by atoms with van der Waals surface area (Å²) in [6.45, 7) is 0. The lowest BCUT2D eigenvalue weighted by Gasteiger charge is -2.19. The van der Waals surface area contributed by atoms with E-state index >= 15 is 0 Å². The van der Waals surface area contributed by atoms with Gasteiger partial charge in [0.1, 0.15) is 5.03 Å². The number of hydrogen-bond donors (Lipinski definition) is 0. The van der Waals surface area contributed by atoms with Crippen LogP contribution in [0.25, 0.3) is 0 Å². The summed E-state index contributed by atoms with van der Waals surface area (Å²) >= 11 is 8.39. The maximum absolute atomic E-state index is 12.2. The Bertz CT molecular complexity index is 200. The molecule has 0 aromatic rings. The molecule has 0 spiro atoms. The van der Waals surface area contributed by atoms with Gasteiger partial charge in [-0.25, -0.2) is 4.39 Å². The molecule has 0 fully saturated rings. The van der Waals surface area contributed by atoms with E-state index in [1.54, 1.807) is 0 Å². The van der Waals surface area contributed by atoms with Crippen molar-refractivity contribution in [2.45, 2.75) is 11.3 Å². The Morgan fingerprint density at radius 2 is 1.33 bits per heavy atom. The second-order valence-corrected chi connectivity index (χ2v) is 2.55. The lowest BCUT2D eigenvalue weighted by Crippen LogP contribution is -2.35. The third kappa shape index (κ3) is 2.20. The van der Waals surface area contributed by atoms with E-state index in [1.807, 2.05) is 0 Å². The molecule has 0 aromatic carbocycles. The third-order valence-electron chi connectivity index (χ3n) is 0.798. The van der Waals surface area contributed by atoms with Gasteiger partial charge in [0.05, 0.1) is 0 Å². The van der Waals surface area contributed by atoms with E-state index in [-0.39, 0.29) is 0 Å². The first kappa shape index (κ1) is 11.9. The highest BCUT2D eigenvalue weighted by Gasteiger charge is 2.59. The highest BCUT2D eigenvalue weighted by molar-refractivity contribution is 6.39. The molecule has 72 valence electrons. The summed E-state index contributed by atoms with van der Waals surface area (Å²) in [5.74, 6) is 0. The van der Waals surface area contributed by atoms with Gasteiger partial charge in [-0.2, -0.15) is 22.0 Å². The lowest BCUT2D eigenvalue weighted by atomic mass is 10.3. The summed E-state index contributed by atoms with van der Waals surface area (Å²) in [6.07, 6.45) is -8.68. The molecule has 0 aliphatic rings. The first-order valence-electron chi connectivity index (χ1n) is 2.26. The Kier molecular flexibility index (Phi) is 3.31. The normalized spacial score (nSPS) is 17.0. The first-order valence-corrected chi connectivity index (χ1v) is 3.02. The molecule has 0 bridgehead atoms. The zero-order valence-corrected chi connectivity index (χ0v) is 6.54. The summed E-state index contributed by atoms with van der Waals surface area (Å²) in [5, 5.41) is -7.08. The largest absolute Gasteiger partial charge is 0.442 e. The summed E-state index contributed by atoms with van der Waals surface area (Å²) < 4.78 is 69.4. The van der Waals surface area contributed by atoms with Crippen molar-refractivity contribution < 1.29 is 26.3 Å². The minimum Gasteiger partial charge on any atom is -0.209 e. The molecule has 0 rings (SSSR count). The molecule has 1 atom stereocenters. The van der Waals surface area contributed by atoms with Crippen LogP contribution in [0.5, 0.6) is 0 Å². The van der Waals surface area contributed by atoms with Gasteiger partial charge in [0.15, 0.2) is 0 Å². The average Bonchev–Trinajstić information content (AvgIpc) is 1.83. The van der Waals surface area contributed by atoms with Gasteiger partial charge in [-0.15, -0.1) is 0 Å². The van der Waals surface area contributed by atoms with Crippen molar-refractivity contribution in [3.05, 3.63) is 11.1 Å². The van der Waals surface area contributed by atoms with Gasteiger partial charge in [0, 0.05) is 0 Å². The monoisotopic (exact) mass is 232 g/mol. The zero-order valence-electron chi connectivity index (χ0n) is 5.02. The molecule has 0 saturated heterocycles. The second kappa shape index (κ2) is 3.33. The zero-order chi connectivity index (χ0) is 10.2. The molecular weight excluding hydrogens is 233 g/mol. The van der Waals surface area contributed by atoms with E-state index < -0.39 is 22.4 Å². The molecule has 0 nitrogen and oxygen atoms in total. The van der Waals surface area contributed by atoms with Crippen LogP contribution < -0.4 is 0 Å². The molecule has 0 radical (unpaired) electrons. The molecule has 12 heavy (non-hydrogen) atoms. The van der Waals surface area contributed by atoms with Crippen LogP contribution in [0.2, 0.25) is 0 Å². The maximum atomic E-state index is 12.2. The van der Waals surface area contributed by atoms with Crippen LogP contribution in [-0.2, 0) is 0 Å². The number of hydrogen-bond acceptors (Lipinski definition) is 0. The van der Waals surface area contributed by atoms with Gasteiger partial charge in [-0.1, -0.05) is 23.2 Å². The molecular formula is C4Cl2F6. The molecule has 0 heterocycles. The average molecular weight is 233 g/mol. The van der Waals surface area contributed by atoms with E-state index in [9.17, 15) is 26.3 Å². The summed E-state index contributed by atoms with van der Waals surface area (Å²) in [4.78, 5) is 0. The number of alkyl halides is 5. The quantitative estimate of drug-likeness (QED) is 0.477. The minimum absolute atomic E-state index is 2.36. The standard InChI is InChI=1S/C4Cl2F6/c5-1(2(7)8)3(6,9)4(10,11)12/t3-/m1/s1. The van der Waals surface area contributed by atoms with Crippen LogP contribution >= 0.6 is 23.2 Å². The highest BCUT2D eigenvalue weighted by Crippen LogP contribution is 2.46. The van der Waals surface area contributed by atoms with Crippen LogP contribution in [0.1, 0.15) is 0 Å². The Morgan fingerprint density at radius 1 is 1.00 bits per heavy atom. The Labute approximate surface area is 72.7 Å². The molecule has 0 N–H and O–H groups in total. The predicted molar refractivity (Wildman–Crippen MR) is 30.8 cm³/mol. The van der Waals surface area contributed by atoms with E-state index in [0.29, 0.717) is 0 Å². The van der Waals surface area contributed by atoms with Gasteiger partial charge in [0.2, 0.25) is 0 Å². The minimum atomic E-state index is -5.67. The van der Waals surface area contributed by atoms with Crippen molar-refractivity contribution in [2.75, 3.05) is 0 Å². The molecule has 0 amide bonds. The first-order chi connectivity index (χ1) is 5.10. The van der Waals surface area contributed by atoms with Crippen LogP contribution in [-0.4, -0.2) is 11.3 Å². The topological polar surface area (TPSA) is 0 Å². The van der Waals surface area contributed by atoms with Gasteiger partial charge < -0.3 is 0 Å². The molecule has 0 aliphatic heterocycles. The fraction of sp³-hybridized carbons (Fsp3) is 0.500. The van der Waals surface area contributed by atoms with Crippen molar-refractivity contribution in [2.24, 2.45) is 0 Å². The van der Waals surface area contributed by atoms with E-state index in [0.717, 1.165) is 0 Å². The highest BCUT2D eigenvalue weighted by atomic mass is 35.5. The van der Waals surface area contributed by atoms with Crippen LogP contribution in [0.4, 0.5) is 26.3 Å². The van der Waals surface area contributed by atoms with Crippen molar-refractivity contribution in [3.63, 3.8) is 0 Å². The molecule has 0 aliphatic carbocycles. The maximum Gasteiger partial charge on any atom is 0.442 e. The Balaban J connectivity index is 5.01. The second-order valence-electron chi connectivity index (χ2n) is 1.65. The molecule has 0 saturated carbocycles.